The number of hydrogen-bond donors (Lipinski definition) is 2. The number of alkyl halides is 3. The first-order valence-electron chi connectivity index (χ1n) is 7.23. The highest BCUT2D eigenvalue weighted by Gasteiger charge is 2.29. The van der Waals surface area contributed by atoms with Crippen molar-refractivity contribution in [3.8, 4) is 5.88 Å². The number of carbonyl (C=O) groups excluding carboxylic acids is 1. The standard InChI is InChI=1S/C15H17F3N4O2/c1-9(2)11-6-12(22-21-11)13(23)20-7-10-4-3-5-19-14(10)24-8-15(16,17)18/h3-6,9H,7-8H2,1-2H3,(H,20,23)(H,21,22). The van der Waals surface area contributed by atoms with Crippen LogP contribution in [-0.4, -0.2) is 33.9 Å². The summed E-state index contributed by atoms with van der Waals surface area (Å²) in [6.07, 6.45) is -3.14. The molecule has 1 amide bonds. The van der Waals surface area contributed by atoms with Crippen LogP contribution < -0.4 is 10.1 Å². The zero-order valence-electron chi connectivity index (χ0n) is 13.1. The predicted octanol–water partition coefficient (Wildman–Crippen LogP) is 2.80. The van der Waals surface area contributed by atoms with Crippen molar-refractivity contribution in [2.75, 3.05) is 6.61 Å². The Morgan fingerprint density at radius 3 is 2.79 bits per heavy atom. The van der Waals surface area contributed by atoms with Crippen molar-refractivity contribution in [3.63, 3.8) is 0 Å². The van der Waals surface area contributed by atoms with E-state index in [0.717, 1.165) is 5.69 Å². The van der Waals surface area contributed by atoms with E-state index in [0.29, 0.717) is 5.56 Å². The minimum Gasteiger partial charge on any atom is -0.468 e. The van der Waals surface area contributed by atoms with E-state index in [1.807, 2.05) is 13.8 Å². The van der Waals surface area contributed by atoms with E-state index in [1.54, 1.807) is 12.1 Å². The van der Waals surface area contributed by atoms with E-state index in [1.165, 1.54) is 12.3 Å². The van der Waals surface area contributed by atoms with Crippen molar-refractivity contribution in [2.24, 2.45) is 0 Å². The average Bonchev–Trinajstić information content (AvgIpc) is 3.01. The molecule has 0 aliphatic heterocycles. The zero-order chi connectivity index (χ0) is 17.7. The molecule has 24 heavy (non-hydrogen) atoms. The van der Waals surface area contributed by atoms with Gasteiger partial charge >= 0.3 is 6.18 Å². The Hall–Kier alpha value is -2.58. The molecule has 0 radical (unpaired) electrons. The number of H-pyrrole nitrogens is 1. The van der Waals surface area contributed by atoms with Crippen LogP contribution in [0, 0.1) is 0 Å². The number of hydrogen-bond acceptors (Lipinski definition) is 4. The largest absolute Gasteiger partial charge is 0.468 e. The van der Waals surface area contributed by atoms with Gasteiger partial charge in [-0.3, -0.25) is 9.89 Å². The maximum atomic E-state index is 12.2. The Kier molecular flexibility index (Phi) is 5.42. The molecule has 0 aliphatic carbocycles. The number of pyridine rings is 1. The fourth-order valence-electron chi connectivity index (χ4n) is 1.85. The van der Waals surface area contributed by atoms with Crippen LogP contribution in [0.1, 0.15) is 41.5 Å². The van der Waals surface area contributed by atoms with E-state index in [9.17, 15) is 18.0 Å². The van der Waals surface area contributed by atoms with E-state index < -0.39 is 18.7 Å². The molecule has 0 bridgehead atoms. The van der Waals surface area contributed by atoms with Gasteiger partial charge in [0.15, 0.2) is 6.61 Å². The molecule has 2 aromatic rings. The van der Waals surface area contributed by atoms with Gasteiger partial charge in [0.2, 0.25) is 5.88 Å². The van der Waals surface area contributed by atoms with Crippen molar-refractivity contribution < 1.29 is 22.7 Å². The maximum absolute atomic E-state index is 12.2. The molecule has 0 spiro atoms. The Labute approximate surface area is 136 Å². The number of aromatic nitrogens is 3. The highest BCUT2D eigenvalue weighted by molar-refractivity contribution is 5.92. The van der Waals surface area contributed by atoms with Gasteiger partial charge in [-0.25, -0.2) is 4.98 Å². The number of amides is 1. The third kappa shape index (κ3) is 4.97. The molecule has 9 heteroatoms. The van der Waals surface area contributed by atoms with Crippen LogP contribution in [0.3, 0.4) is 0 Å². The molecule has 6 nitrogen and oxygen atoms in total. The van der Waals surface area contributed by atoms with Crippen LogP contribution in [0.2, 0.25) is 0 Å². The lowest BCUT2D eigenvalue weighted by Crippen LogP contribution is -2.24. The summed E-state index contributed by atoms with van der Waals surface area (Å²) < 4.78 is 41.4. The van der Waals surface area contributed by atoms with Gasteiger partial charge in [0.1, 0.15) is 5.69 Å². The first-order chi connectivity index (χ1) is 11.3. The van der Waals surface area contributed by atoms with E-state index in [4.69, 9.17) is 0 Å². The van der Waals surface area contributed by atoms with Gasteiger partial charge < -0.3 is 10.1 Å². The van der Waals surface area contributed by atoms with Crippen LogP contribution in [-0.2, 0) is 6.54 Å². The monoisotopic (exact) mass is 342 g/mol. The fraction of sp³-hybridized carbons (Fsp3) is 0.400. The number of nitrogens with one attached hydrogen (secondary N) is 2. The topological polar surface area (TPSA) is 79.9 Å². The van der Waals surface area contributed by atoms with Gasteiger partial charge in [-0.05, 0) is 18.1 Å². The summed E-state index contributed by atoms with van der Waals surface area (Å²) in [6, 6.07) is 4.71. The lowest BCUT2D eigenvalue weighted by atomic mass is 10.1. The van der Waals surface area contributed by atoms with Gasteiger partial charge in [0.05, 0.1) is 0 Å². The summed E-state index contributed by atoms with van der Waals surface area (Å²) in [6.45, 7) is 2.44. The molecular formula is C15H17F3N4O2. The number of aromatic amines is 1. The predicted molar refractivity (Wildman–Crippen MR) is 79.6 cm³/mol. The Balaban J connectivity index is 1.99. The first kappa shape index (κ1) is 17.8. The minimum atomic E-state index is -4.46. The molecule has 0 atom stereocenters. The van der Waals surface area contributed by atoms with Crippen molar-refractivity contribution in [3.05, 3.63) is 41.3 Å². The lowest BCUT2D eigenvalue weighted by Gasteiger charge is -2.12. The maximum Gasteiger partial charge on any atom is 0.422 e. The van der Waals surface area contributed by atoms with Crippen molar-refractivity contribution in [1.82, 2.24) is 20.5 Å². The van der Waals surface area contributed by atoms with Crippen LogP contribution in [0.4, 0.5) is 13.2 Å². The van der Waals surface area contributed by atoms with Crippen LogP contribution in [0.25, 0.3) is 0 Å². The van der Waals surface area contributed by atoms with Crippen molar-refractivity contribution in [2.45, 2.75) is 32.5 Å². The molecule has 2 heterocycles. The fourth-order valence-corrected chi connectivity index (χ4v) is 1.85. The van der Waals surface area contributed by atoms with Crippen molar-refractivity contribution >= 4 is 5.91 Å². The summed E-state index contributed by atoms with van der Waals surface area (Å²) in [7, 11) is 0. The number of halogens is 3. The molecule has 0 saturated carbocycles. The van der Waals surface area contributed by atoms with Gasteiger partial charge in [-0.1, -0.05) is 19.9 Å². The van der Waals surface area contributed by atoms with E-state index >= 15 is 0 Å². The third-order valence-corrected chi connectivity index (χ3v) is 3.11. The first-order valence-corrected chi connectivity index (χ1v) is 7.23. The molecular weight excluding hydrogens is 325 g/mol. The third-order valence-electron chi connectivity index (χ3n) is 3.11. The highest BCUT2D eigenvalue weighted by Crippen LogP contribution is 2.20. The second-order valence-corrected chi connectivity index (χ2v) is 5.42. The van der Waals surface area contributed by atoms with Crippen LogP contribution in [0.5, 0.6) is 5.88 Å². The SMILES string of the molecule is CC(C)c1cc(C(=O)NCc2cccnc2OCC(F)(F)F)n[nH]1. The number of ether oxygens (including phenoxy) is 1. The van der Waals surface area contributed by atoms with Crippen LogP contribution >= 0.6 is 0 Å². The van der Waals surface area contributed by atoms with Crippen LogP contribution in [0.15, 0.2) is 24.4 Å². The van der Waals surface area contributed by atoms with Gasteiger partial charge in [0.25, 0.3) is 5.91 Å². The van der Waals surface area contributed by atoms with Gasteiger partial charge in [-0.2, -0.15) is 18.3 Å². The quantitative estimate of drug-likeness (QED) is 0.846. The minimum absolute atomic E-state index is 0.0241. The Bertz CT molecular complexity index is 698. The molecule has 0 saturated heterocycles. The van der Waals surface area contributed by atoms with E-state index in [-0.39, 0.29) is 24.0 Å². The summed E-state index contributed by atoms with van der Waals surface area (Å²) >= 11 is 0. The zero-order valence-corrected chi connectivity index (χ0v) is 13.1. The molecule has 2 N–H and O–H groups in total. The summed E-state index contributed by atoms with van der Waals surface area (Å²) in [5.74, 6) is -0.413. The lowest BCUT2D eigenvalue weighted by molar-refractivity contribution is -0.154. The molecule has 2 aromatic heterocycles. The molecule has 0 aliphatic rings. The van der Waals surface area contributed by atoms with Crippen molar-refractivity contribution in [1.29, 1.82) is 0 Å². The Morgan fingerprint density at radius 1 is 1.42 bits per heavy atom. The number of rotatable bonds is 6. The van der Waals surface area contributed by atoms with Gasteiger partial charge in [0, 0.05) is 24.0 Å². The molecule has 0 aromatic carbocycles. The number of carbonyl (C=O) groups is 1. The normalized spacial score (nSPS) is 11.6. The number of nitrogens with zero attached hydrogens (tertiary/aromatic N) is 2. The average molecular weight is 342 g/mol. The second kappa shape index (κ2) is 7.33. The second-order valence-electron chi connectivity index (χ2n) is 5.42. The summed E-state index contributed by atoms with van der Waals surface area (Å²) in [5, 5.41) is 9.25. The molecule has 2 rings (SSSR count). The molecule has 0 unspecified atom stereocenters. The smallest absolute Gasteiger partial charge is 0.422 e. The molecule has 130 valence electrons. The van der Waals surface area contributed by atoms with E-state index in [2.05, 4.69) is 25.2 Å². The van der Waals surface area contributed by atoms with Gasteiger partial charge in [-0.15, -0.1) is 0 Å². The summed E-state index contributed by atoms with van der Waals surface area (Å²) in [4.78, 5) is 15.8. The summed E-state index contributed by atoms with van der Waals surface area (Å²) in [5.41, 5.74) is 1.37. The highest BCUT2D eigenvalue weighted by atomic mass is 19.4. The molecule has 0 fully saturated rings. The Morgan fingerprint density at radius 2 is 2.17 bits per heavy atom.